The lowest BCUT2D eigenvalue weighted by atomic mass is 10.1. The summed E-state index contributed by atoms with van der Waals surface area (Å²) in [6.07, 6.45) is 0. The van der Waals surface area contributed by atoms with Gasteiger partial charge in [0.25, 0.3) is 5.69 Å². The predicted octanol–water partition coefficient (Wildman–Crippen LogP) is 2.69. The number of sulfonamides is 1. The van der Waals surface area contributed by atoms with E-state index in [1.165, 1.54) is 18.2 Å². The number of nitro groups is 1. The quantitative estimate of drug-likeness (QED) is 0.677. The maximum Gasteiger partial charge on any atom is 0.270 e. The van der Waals surface area contributed by atoms with Crippen LogP contribution in [0.1, 0.15) is 16.7 Å². The van der Waals surface area contributed by atoms with Crippen molar-refractivity contribution >= 4 is 15.7 Å². The molecule has 0 fully saturated rings. The van der Waals surface area contributed by atoms with Gasteiger partial charge in [-0.1, -0.05) is 29.8 Å². The number of nitrogens with zero attached hydrogens (tertiary/aromatic N) is 1. The van der Waals surface area contributed by atoms with E-state index >= 15 is 0 Å². The van der Waals surface area contributed by atoms with Crippen LogP contribution in [-0.2, 0) is 16.6 Å². The lowest BCUT2D eigenvalue weighted by Gasteiger charge is -2.10. The lowest BCUT2D eigenvalue weighted by Crippen LogP contribution is -2.23. The molecule has 0 bridgehead atoms. The van der Waals surface area contributed by atoms with Crippen molar-refractivity contribution in [1.29, 1.82) is 0 Å². The van der Waals surface area contributed by atoms with Crippen molar-refractivity contribution in [3.8, 4) is 0 Å². The molecule has 0 unspecified atom stereocenters. The van der Waals surface area contributed by atoms with Gasteiger partial charge in [-0.15, -0.1) is 0 Å². The van der Waals surface area contributed by atoms with Gasteiger partial charge in [0.05, 0.1) is 9.82 Å². The molecule has 0 radical (unpaired) electrons. The molecule has 0 aromatic heterocycles. The molecule has 0 aliphatic heterocycles. The van der Waals surface area contributed by atoms with Crippen LogP contribution < -0.4 is 4.72 Å². The molecule has 0 saturated carbocycles. The first-order valence-electron chi connectivity index (χ1n) is 6.60. The molecule has 6 nitrogen and oxygen atoms in total. The number of aryl methyl sites for hydroxylation is 2. The van der Waals surface area contributed by atoms with Crippen LogP contribution in [0.5, 0.6) is 0 Å². The summed E-state index contributed by atoms with van der Waals surface area (Å²) in [6.45, 7) is 3.97. The minimum atomic E-state index is -3.80. The third-order valence-electron chi connectivity index (χ3n) is 3.30. The number of non-ortho nitro benzene ring substituents is 1. The van der Waals surface area contributed by atoms with Gasteiger partial charge < -0.3 is 0 Å². The van der Waals surface area contributed by atoms with Crippen molar-refractivity contribution < 1.29 is 13.3 Å². The Morgan fingerprint density at radius 3 is 2.55 bits per heavy atom. The van der Waals surface area contributed by atoms with Crippen molar-refractivity contribution in [2.45, 2.75) is 25.3 Å². The second-order valence-corrected chi connectivity index (χ2v) is 6.78. The Hall–Kier alpha value is -2.25. The van der Waals surface area contributed by atoms with Gasteiger partial charge in [0.1, 0.15) is 0 Å². The van der Waals surface area contributed by atoms with Crippen LogP contribution in [0.15, 0.2) is 47.4 Å². The van der Waals surface area contributed by atoms with Crippen molar-refractivity contribution in [3.05, 3.63) is 69.3 Å². The van der Waals surface area contributed by atoms with Gasteiger partial charge in [0, 0.05) is 18.7 Å². The Kier molecular flexibility index (Phi) is 4.58. The molecule has 0 aliphatic carbocycles. The van der Waals surface area contributed by atoms with Gasteiger partial charge in [0.2, 0.25) is 10.0 Å². The maximum atomic E-state index is 12.2. The Bertz CT molecular complexity index is 816. The van der Waals surface area contributed by atoms with Crippen LogP contribution in [0.3, 0.4) is 0 Å². The van der Waals surface area contributed by atoms with E-state index in [2.05, 4.69) is 4.72 Å². The first-order chi connectivity index (χ1) is 10.3. The van der Waals surface area contributed by atoms with E-state index in [-0.39, 0.29) is 17.1 Å². The zero-order chi connectivity index (χ0) is 16.3. The van der Waals surface area contributed by atoms with Crippen LogP contribution in [0.4, 0.5) is 5.69 Å². The molecule has 7 heteroatoms. The fourth-order valence-corrected chi connectivity index (χ4v) is 3.06. The number of benzene rings is 2. The van der Waals surface area contributed by atoms with E-state index in [4.69, 9.17) is 0 Å². The molecule has 22 heavy (non-hydrogen) atoms. The Morgan fingerprint density at radius 2 is 1.86 bits per heavy atom. The molecule has 0 saturated heterocycles. The lowest BCUT2D eigenvalue weighted by molar-refractivity contribution is -0.385. The highest BCUT2D eigenvalue weighted by molar-refractivity contribution is 7.89. The molecule has 0 heterocycles. The number of nitrogens with one attached hydrogen (secondary N) is 1. The van der Waals surface area contributed by atoms with E-state index in [1.54, 1.807) is 0 Å². The number of hydrogen-bond donors (Lipinski definition) is 1. The summed E-state index contributed by atoms with van der Waals surface area (Å²) in [4.78, 5) is 9.99. The van der Waals surface area contributed by atoms with Gasteiger partial charge >= 0.3 is 0 Å². The van der Waals surface area contributed by atoms with Crippen molar-refractivity contribution in [2.24, 2.45) is 0 Å². The SMILES string of the molecule is Cc1ccc(C)c(CNS(=O)(=O)c2cccc([N+](=O)[O-])c2)c1. The molecular formula is C15H16N2O4S. The van der Waals surface area contributed by atoms with Gasteiger partial charge in [-0.3, -0.25) is 10.1 Å². The van der Waals surface area contributed by atoms with Gasteiger partial charge in [-0.2, -0.15) is 0 Å². The summed E-state index contributed by atoms with van der Waals surface area (Å²) in [5, 5.41) is 10.7. The average Bonchev–Trinajstić information content (AvgIpc) is 2.48. The molecular weight excluding hydrogens is 304 g/mol. The summed E-state index contributed by atoms with van der Waals surface area (Å²) in [6, 6.07) is 10.8. The Balaban J connectivity index is 2.23. The molecule has 0 atom stereocenters. The molecule has 2 aromatic carbocycles. The third kappa shape index (κ3) is 3.69. The monoisotopic (exact) mass is 320 g/mol. The highest BCUT2D eigenvalue weighted by atomic mass is 32.2. The van der Waals surface area contributed by atoms with Crippen molar-refractivity contribution in [2.75, 3.05) is 0 Å². The van der Waals surface area contributed by atoms with Gasteiger partial charge in [-0.25, -0.2) is 13.1 Å². The molecule has 0 aliphatic rings. The topological polar surface area (TPSA) is 89.3 Å². The fourth-order valence-electron chi connectivity index (χ4n) is 2.01. The van der Waals surface area contributed by atoms with Crippen molar-refractivity contribution in [3.63, 3.8) is 0 Å². The maximum absolute atomic E-state index is 12.2. The third-order valence-corrected chi connectivity index (χ3v) is 4.69. The first-order valence-corrected chi connectivity index (χ1v) is 8.08. The molecule has 0 spiro atoms. The van der Waals surface area contributed by atoms with Crippen LogP contribution in [-0.4, -0.2) is 13.3 Å². The minimum absolute atomic E-state index is 0.119. The van der Waals surface area contributed by atoms with E-state index in [0.29, 0.717) is 0 Å². The Morgan fingerprint density at radius 1 is 1.14 bits per heavy atom. The largest absolute Gasteiger partial charge is 0.270 e. The second-order valence-electron chi connectivity index (χ2n) is 5.01. The molecule has 2 aromatic rings. The summed E-state index contributed by atoms with van der Waals surface area (Å²) in [7, 11) is -3.80. The van der Waals surface area contributed by atoms with Gasteiger partial charge in [0.15, 0.2) is 0 Å². The zero-order valence-corrected chi connectivity index (χ0v) is 13.1. The van der Waals surface area contributed by atoms with Crippen LogP contribution in [0.25, 0.3) is 0 Å². The number of hydrogen-bond acceptors (Lipinski definition) is 4. The number of rotatable bonds is 5. The van der Waals surface area contributed by atoms with Crippen LogP contribution in [0, 0.1) is 24.0 Å². The molecule has 2 rings (SSSR count). The summed E-state index contributed by atoms with van der Waals surface area (Å²) in [5.41, 5.74) is 2.63. The van der Waals surface area contributed by atoms with Gasteiger partial charge in [-0.05, 0) is 31.0 Å². The van der Waals surface area contributed by atoms with E-state index in [0.717, 1.165) is 22.8 Å². The van der Waals surface area contributed by atoms with Crippen LogP contribution in [0.2, 0.25) is 0 Å². The summed E-state index contributed by atoms with van der Waals surface area (Å²) in [5.74, 6) is 0. The standard InChI is InChI=1S/C15H16N2O4S/c1-11-6-7-12(2)13(8-11)10-16-22(20,21)15-5-3-4-14(9-15)17(18)19/h3-9,16H,10H2,1-2H3. The fraction of sp³-hybridized carbons (Fsp3) is 0.200. The first kappa shape index (κ1) is 16.1. The summed E-state index contributed by atoms with van der Waals surface area (Å²) >= 11 is 0. The van der Waals surface area contributed by atoms with E-state index in [9.17, 15) is 18.5 Å². The highest BCUT2D eigenvalue weighted by Gasteiger charge is 2.17. The normalized spacial score (nSPS) is 11.4. The molecule has 1 N–H and O–H groups in total. The average molecular weight is 320 g/mol. The predicted molar refractivity (Wildman–Crippen MR) is 83.0 cm³/mol. The smallest absolute Gasteiger partial charge is 0.258 e. The second kappa shape index (κ2) is 6.25. The number of nitro benzene ring substituents is 1. The van der Waals surface area contributed by atoms with Crippen LogP contribution >= 0.6 is 0 Å². The molecule has 116 valence electrons. The molecule has 0 amide bonds. The van der Waals surface area contributed by atoms with E-state index in [1.807, 2.05) is 32.0 Å². The van der Waals surface area contributed by atoms with Crippen molar-refractivity contribution in [1.82, 2.24) is 4.72 Å². The minimum Gasteiger partial charge on any atom is -0.258 e. The summed E-state index contributed by atoms with van der Waals surface area (Å²) < 4.78 is 27.0. The Labute approximate surface area is 129 Å². The zero-order valence-electron chi connectivity index (χ0n) is 12.2. The highest BCUT2D eigenvalue weighted by Crippen LogP contribution is 2.18. The van der Waals surface area contributed by atoms with E-state index < -0.39 is 14.9 Å².